The van der Waals surface area contributed by atoms with Crippen LogP contribution in [0.5, 0.6) is 0 Å². The average molecular weight is 564 g/mol. The highest BCUT2D eigenvalue weighted by Crippen LogP contribution is 2.38. The van der Waals surface area contributed by atoms with Crippen LogP contribution in [0.1, 0.15) is 54.3 Å². The van der Waals surface area contributed by atoms with Crippen molar-refractivity contribution in [3.63, 3.8) is 0 Å². The van der Waals surface area contributed by atoms with Crippen LogP contribution in [0.4, 0.5) is 18.4 Å². The molecule has 9 nitrogen and oxygen atoms in total. The van der Waals surface area contributed by atoms with Crippen LogP contribution in [-0.2, 0) is 9.53 Å². The Labute approximate surface area is 236 Å². The molecule has 2 heterocycles. The van der Waals surface area contributed by atoms with Crippen molar-refractivity contribution in [3.05, 3.63) is 82.6 Å². The lowest BCUT2D eigenvalue weighted by molar-refractivity contribution is -0.136. The number of hydrogen-bond acceptors (Lipinski definition) is 6. The molecule has 2 aromatic carbocycles. The first kappa shape index (κ1) is 28.2. The van der Waals surface area contributed by atoms with Gasteiger partial charge in [-0.2, -0.15) is 5.26 Å². The molecule has 2 aromatic rings. The maximum Gasteiger partial charge on any atom is 0.337 e. The largest absolute Gasteiger partial charge is 0.466 e. The van der Waals surface area contributed by atoms with Crippen molar-refractivity contribution < 1.29 is 27.9 Å². The van der Waals surface area contributed by atoms with Gasteiger partial charge in [-0.1, -0.05) is 24.3 Å². The third kappa shape index (κ3) is 5.79. The van der Waals surface area contributed by atoms with E-state index in [1.165, 1.54) is 6.07 Å². The molecule has 0 aromatic heterocycles. The molecule has 2 N–H and O–H groups in total. The van der Waals surface area contributed by atoms with Crippen LogP contribution in [0.2, 0.25) is 0 Å². The van der Waals surface area contributed by atoms with E-state index in [1.807, 2.05) is 18.2 Å². The molecule has 1 atom stereocenters. The fraction of sp³-hybridized carbons (Fsp3) is 0.400. The first-order valence-corrected chi connectivity index (χ1v) is 13.6. The number of amides is 4. The van der Waals surface area contributed by atoms with Gasteiger partial charge in [-0.15, -0.1) is 0 Å². The zero-order valence-electron chi connectivity index (χ0n) is 22.6. The van der Waals surface area contributed by atoms with Crippen LogP contribution < -0.4 is 10.6 Å². The molecule has 0 bridgehead atoms. The third-order valence-corrected chi connectivity index (χ3v) is 8.28. The molecule has 1 aliphatic carbocycles. The molecule has 2 fully saturated rings. The summed E-state index contributed by atoms with van der Waals surface area (Å²) >= 11 is 0. The number of esters is 1. The Bertz CT molecular complexity index is 1410. The second-order valence-electron chi connectivity index (χ2n) is 10.7. The lowest BCUT2D eigenvalue weighted by Crippen LogP contribution is -2.58. The van der Waals surface area contributed by atoms with Gasteiger partial charge in [0.1, 0.15) is 6.04 Å². The van der Waals surface area contributed by atoms with E-state index in [4.69, 9.17) is 4.74 Å². The van der Waals surface area contributed by atoms with Crippen molar-refractivity contribution >= 4 is 18.0 Å². The molecule has 1 unspecified atom stereocenters. The monoisotopic (exact) mass is 563 g/mol. The molecule has 11 heteroatoms. The van der Waals surface area contributed by atoms with Crippen LogP contribution in [0.3, 0.4) is 0 Å². The zero-order chi connectivity index (χ0) is 29.1. The number of likely N-dealkylation sites (tertiary alicyclic amines) is 1. The summed E-state index contributed by atoms with van der Waals surface area (Å²) in [5, 5.41) is 14.6. The van der Waals surface area contributed by atoms with Crippen molar-refractivity contribution in [2.45, 2.75) is 43.7 Å². The Morgan fingerprint density at radius 3 is 2.51 bits per heavy atom. The van der Waals surface area contributed by atoms with Gasteiger partial charge in [0.15, 0.2) is 11.6 Å². The molecule has 5 rings (SSSR count). The molecular formula is C30H31F2N5O4. The quantitative estimate of drug-likeness (QED) is 0.506. The summed E-state index contributed by atoms with van der Waals surface area (Å²) in [4.78, 5) is 41.6. The molecule has 1 saturated carbocycles. The maximum absolute atomic E-state index is 14.1. The first-order valence-electron chi connectivity index (χ1n) is 13.6. The average Bonchev–Trinajstić information content (AvgIpc) is 2.97. The fourth-order valence-corrected chi connectivity index (χ4v) is 6.11. The van der Waals surface area contributed by atoms with Crippen LogP contribution in [0, 0.1) is 28.9 Å². The molecule has 2 aliphatic heterocycles. The number of nitriles is 1. The smallest absolute Gasteiger partial charge is 0.337 e. The second-order valence-corrected chi connectivity index (χ2v) is 10.7. The van der Waals surface area contributed by atoms with E-state index in [0.29, 0.717) is 18.5 Å². The number of carbonyl (C=O) groups is 3. The molecule has 1 saturated heterocycles. The van der Waals surface area contributed by atoms with Crippen LogP contribution in [0.25, 0.3) is 0 Å². The number of ether oxygens (including phenoxy) is 1. The lowest BCUT2D eigenvalue weighted by atomic mass is 9.78. The number of urea groups is 2. The van der Waals surface area contributed by atoms with Gasteiger partial charge in [0.05, 0.1) is 24.3 Å². The number of rotatable bonds is 6. The van der Waals surface area contributed by atoms with E-state index >= 15 is 0 Å². The van der Waals surface area contributed by atoms with E-state index in [0.717, 1.165) is 80.2 Å². The summed E-state index contributed by atoms with van der Waals surface area (Å²) in [6.07, 6.45) is 5.23. The van der Waals surface area contributed by atoms with Crippen LogP contribution in [0.15, 0.2) is 54.2 Å². The van der Waals surface area contributed by atoms with Gasteiger partial charge in [-0.3, -0.25) is 4.90 Å². The zero-order valence-corrected chi connectivity index (χ0v) is 22.6. The molecule has 3 aliphatic rings. The normalized spacial score (nSPS) is 23.1. The van der Waals surface area contributed by atoms with Crippen molar-refractivity contribution in [1.29, 1.82) is 5.26 Å². The number of methoxy groups -OCH3 is 1. The summed E-state index contributed by atoms with van der Waals surface area (Å²) in [6, 6.07) is 10.6. The highest BCUT2D eigenvalue weighted by molar-refractivity contribution is 6.00. The van der Waals surface area contributed by atoms with Gasteiger partial charge in [0.25, 0.3) is 0 Å². The Kier molecular flexibility index (Phi) is 8.31. The first-order chi connectivity index (χ1) is 19.8. The Hall–Kier alpha value is -4.30. The topological polar surface area (TPSA) is 115 Å². The van der Waals surface area contributed by atoms with Crippen molar-refractivity contribution in [3.8, 4) is 6.07 Å². The summed E-state index contributed by atoms with van der Waals surface area (Å²) in [7, 11) is 1.15. The summed E-state index contributed by atoms with van der Waals surface area (Å²) in [5.74, 6) is -2.51. The van der Waals surface area contributed by atoms with Gasteiger partial charge in [-0.25, -0.2) is 28.1 Å². The fourth-order valence-electron chi connectivity index (χ4n) is 6.11. The molecular weight excluding hydrogens is 532 g/mol. The van der Waals surface area contributed by atoms with Gasteiger partial charge >= 0.3 is 18.0 Å². The second kappa shape index (κ2) is 12.1. The van der Waals surface area contributed by atoms with E-state index in [9.17, 15) is 28.4 Å². The van der Waals surface area contributed by atoms with Gasteiger partial charge in [0.2, 0.25) is 0 Å². The molecule has 214 valence electrons. The highest BCUT2D eigenvalue weighted by Gasteiger charge is 2.41. The van der Waals surface area contributed by atoms with Crippen LogP contribution in [-0.4, -0.2) is 60.6 Å². The third-order valence-electron chi connectivity index (χ3n) is 8.28. The van der Waals surface area contributed by atoms with Gasteiger partial charge in [-0.05, 0) is 60.9 Å². The van der Waals surface area contributed by atoms with E-state index in [-0.39, 0.29) is 17.1 Å². The Morgan fingerprint density at radius 2 is 1.83 bits per heavy atom. The van der Waals surface area contributed by atoms with E-state index in [1.54, 1.807) is 0 Å². The maximum atomic E-state index is 14.1. The van der Waals surface area contributed by atoms with Gasteiger partial charge < -0.3 is 15.4 Å². The SMILES string of the molecule is COC(=O)C1=CNC(=O)N(C(=O)NCC2CN(C3CCC(c4ccccc4C#N)CC3)C2)C1c1ccc(F)c(F)c1. The molecule has 4 amide bonds. The molecule has 0 spiro atoms. The molecule has 0 radical (unpaired) electrons. The summed E-state index contributed by atoms with van der Waals surface area (Å²) in [6.45, 7) is 1.92. The number of halogens is 2. The Balaban J connectivity index is 1.17. The number of benzene rings is 2. The van der Waals surface area contributed by atoms with Crippen molar-refractivity contribution in [2.24, 2.45) is 5.92 Å². The van der Waals surface area contributed by atoms with Gasteiger partial charge in [0, 0.05) is 37.8 Å². The summed E-state index contributed by atoms with van der Waals surface area (Å²) < 4.78 is 32.5. The minimum atomic E-state index is -1.30. The van der Waals surface area contributed by atoms with E-state index < -0.39 is 35.7 Å². The van der Waals surface area contributed by atoms with E-state index in [2.05, 4.69) is 27.7 Å². The van der Waals surface area contributed by atoms with Crippen LogP contribution >= 0.6 is 0 Å². The number of nitrogens with zero attached hydrogens (tertiary/aromatic N) is 3. The van der Waals surface area contributed by atoms with Crippen molar-refractivity contribution in [1.82, 2.24) is 20.4 Å². The van der Waals surface area contributed by atoms with Crippen molar-refractivity contribution in [2.75, 3.05) is 26.7 Å². The minimum absolute atomic E-state index is 0.0494. The number of imide groups is 1. The Morgan fingerprint density at radius 1 is 1.10 bits per heavy atom. The number of carbonyl (C=O) groups excluding carboxylic acids is 3. The predicted molar refractivity (Wildman–Crippen MR) is 144 cm³/mol. The minimum Gasteiger partial charge on any atom is -0.466 e. The number of hydrogen-bond donors (Lipinski definition) is 2. The summed E-state index contributed by atoms with van der Waals surface area (Å²) in [5.41, 5.74) is 1.83. The standard InChI is InChI=1S/C30H31F2N5O4/c1-41-28(38)24-15-35-30(40)37(27(24)20-8-11-25(31)26(32)12-20)29(39)34-14-18-16-36(17-18)22-9-6-19(7-10-22)23-5-3-2-4-21(23)13-33/h2-5,8,11-12,15,18-19,22,27H,6-7,9-10,14,16-17H2,1H3,(H,34,39)(H,35,40). The molecule has 41 heavy (non-hydrogen) atoms. The predicted octanol–water partition coefficient (Wildman–Crippen LogP) is 4.33. The highest BCUT2D eigenvalue weighted by atomic mass is 19.2. The lowest BCUT2D eigenvalue weighted by Gasteiger charge is -2.47. The number of nitrogens with one attached hydrogen (secondary N) is 2.